The fraction of sp³-hybridized carbons (Fsp3) is 0.250. The predicted octanol–water partition coefficient (Wildman–Crippen LogP) is -0.0472. The van der Waals surface area contributed by atoms with E-state index in [2.05, 4.69) is 15.0 Å². The molecule has 1 aromatic carbocycles. The Balaban J connectivity index is 1.96. The largest absolute Gasteiger partial charge is 0.462 e. The van der Waals surface area contributed by atoms with Gasteiger partial charge in [0, 0.05) is 6.54 Å². The lowest BCUT2D eigenvalue weighted by Crippen LogP contribution is -2.33. The van der Waals surface area contributed by atoms with Gasteiger partial charge in [0.15, 0.2) is 5.58 Å². The highest BCUT2D eigenvalue weighted by atomic mass is 16.5. The molecule has 2 aromatic rings. The van der Waals surface area contributed by atoms with E-state index in [0.717, 1.165) is 12.7 Å². The van der Waals surface area contributed by atoms with Gasteiger partial charge in [-0.25, -0.2) is 9.59 Å². The fourth-order valence-corrected chi connectivity index (χ4v) is 1.63. The summed E-state index contributed by atoms with van der Waals surface area (Å²) in [7, 11) is 1.14. The molecule has 7 heteroatoms. The topological polar surface area (TPSA) is 101 Å². The summed E-state index contributed by atoms with van der Waals surface area (Å²) in [6.07, 6.45) is 0.508. The molecule has 0 unspecified atom stereocenters. The number of oxazole rings is 1. The second kappa shape index (κ2) is 5.38. The molecule has 1 amide bonds. The zero-order chi connectivity index (χ0) is 13.8. The molecule has 100 valence electrons. The molecule has 0 spiro atoms. The van der Waals surface area contributed by atoms with Crippen molar-refractivity contribution in [3.63, 3.8) is 0 Å². The Labute approximate surface area is 107 Å². The molecule has 0 fully saturated rings. The minimum Gasteiger partial charge on any atom is -0.462 e. The maximum Gasteiger partial charge on any atom is 0.417 e. The first-order chi connectivity index (χ1) is 9.10. The summed E-state index contributed by atoms with van der Waals surface area (Å²) in [5, 5.41) is 2.42. The number of carbonyl (C=O) groups excluding carboxylic acids is 2. The summed E-state index contributed by atoms with van der Waals surface area (Å²) in [6.45, 7) is 0.286. The molecule has 0 saturated heterocycles. The number of amides is 1. The minimum atomic E-state index is -0.924. The van der Waals surface area contributed by atoms with E-state index in [1.54, 1.807) is 18.2 Å². The summed E-state index contributed by atoms with van der Waals surface area (Å²) < 4.78 is 9.19. The van der Waals surface area contributed by atoms with Crippen LogP contribution in [0.2, 0.25) is 0 Å². The molecular weight excluding hydrogens is 252 g/mol. The van der Waals surface area contributed by atoms with Crippen molar-refractivity contribution in [2.24, 2.45) is 0 Å². The first kappa shape index (κ1) is 12.9. The lowest BCUT2D eigenvalue weighted by Gasteiger charge is -2.03. The highest BCUT2D eigenvalue weighted by Gasteiger charge is 2.12. The van der Waals surface area contributed by atoms with Crippen molar-refractivity contribution < 1.29 is 18.7 Å². The number of carbonyl (C=O) groups is 2. The number of nitrogens with one attached hydrogen (secondary N) is 2. The van der Waals surface area contributed by atoms with Crippen molar-refractivity contribution in [2.45, 2.75) is 6.42 Å². The van der Waals surface area contributed by atoms with Gasteiger partial charge in [-0.2, -0.15) is 0 Å². The van der Waals surface area contributed by atoms with Crippen LogP contribution < -0.4 is 11.1 Å². The molecule has 2 rings (SSSR count). The summed E-state index contributed by atoms with van der Waals surface area (Å²) >= 11 is 0. The summed E-state index contributed by atoms with van der Waals surface area (Å²) in [6, 6.07) is 5.23. The number of rotatable bonds is 3. The summed E-state index contributed by atoms with van der Waals surface area (Å²) in [5.41, 5.74) is 1.95. The predicted molar refractivity (Wildman–Crippen MR) is 65.6 cm³/mol. The van der Waals surface area contributed by atoms with E-state index in [9.17, 15) is 14.4 Å². The third kappa shape index (κ3) is 3.01. The van der Waals surface area contributed by atoms with E-state index in [1.807, 2.05) is 0 Å². The molecule has 0 aliphatic rings. The van der Waals surface area contributed by atoms with E-state index in [0.29, 0.717) is 17.5 Å². The van der Waals surface area contributed by atoms with E-state index in [4.69, 9.17) is 4.42 Å². The molecule has 0 aliphatic heterocycles. The molecule has 0 saturated carbocycles. The van der Waals surface area contributed by atoms with Crippen LogP contribution in [-0.4, -0.2) is 30.5 Å². The summed E-state index contributed by atoms with van der Waals surface area (Å²) in [4.78, 5) is 35.5. The molecule has 0 bridgehead atoms. The monoisotopic (exact) mass is 264 g/mol. The van der Waals surface area contributed by atoms with Crippen molar-refractivity contribution >= 4 is 23.0 Å². The first-order valence-electron chi connectivity index (χ1n) is 5.58. The number of hydrogen-bond acceptors (Lipinski definition) is 5. The number of benzene rings is 1. The number of methoxy groups -OCH3 is 1. The van der Waals surface area contributed by atoms with Crippen molar-refractivity contribution in [2.75, 3.05) is 13.7 Å². The SMILES string of the molecule is COC(=O)C(=O)NCCc1ccc2[nH]c(=O)oc2c1. The normalized spacial score (nSPS) is 10.4. The highest BCUT2D eigenvalue weighted by molar-refractivity contribution is 6.32. The van der Waals surface area contributed by atoms with Crippen LogP contribution in [0.3, 0.4) is 0 Å². The lowest BCUT2D eigenvalue weighted by molar-refractivity contribution is -0.152. The van der Waals surface area contributed by atoms with Crippen LogP contribution in [0.1, 0.15) is 5.56 Å². The number of H-pyrrole nitrogens is 1. The second-order valence-electron chi connectivity index (χ2n) is 3.84. The zero-order valence-electron chi connectivity index (χ0n) is 10.2. The van der Waals surface area contributed by atoms with Gasteiger partial charge in [0.25, 0.3) is 0 Å². The Morgan fingerprint density at radius 2 is 2.21 bits per heavy atom. The molecule has 1 aromatic heterocycles. The maximum atomic E-state index is 11.1. The van der Waals surface area contributed by atoms with Crippen molar-refractivity contribution in [3.05, 3.63) is 34.3 Å². The Kier molecular flexibility index (Phi) is 3.65. The number of hydrogen-bond donors (Lipinski definition) is 2. The van der Waals surface area contributed by atoms with Gasteiger partial charge in [-0.1, -0.05) is 6.07 Å². The smallest absolute Gasteiger partial charge is 0.417 e. The standard InChI is InChI=1S/C12H12N2O5/c1-18-11(16)10(15)13-5-4-7-2-3-8-9(6-7)19-12(17)14-8/h2-3,6H,4-5H2,1H3,(H,13,15)(H,14,17). The molecule has 0 radical (unpaired) electrons. The number of aromatic nitrogens is 1. The number of aromatic amines is 1. The highest BCUT2D eigenvalue weighted by Crippen LogP contribution is 2.12. The van der Waals surface area contributed by atoms with Gasteiger partial charge in [0.05, 0.1) is 12.6 Å². The molecular formula is C12H12N2O5. The van der Waals surface area contributed by atoms with Crippen molar-refractivity contribution in [1.82, 2.24) is 10.3 Å². The van der Waals surface area contributed by atoms with Crippen LogP contribution in [0.25, 0.3) is 11.1 Å². The van der Waals surface area contributed by atoms with E-state index in [1.165, 1.54) is 0 Å². The minimum absolute atomic E-state index is 0.286. The zero-order valence-corrected chi connectivity index (χ0v) is 10.2. The van der Waals surface area contributed by atoms with Crippen molar-refractivity contribution in [1.29, 1.82) is 0 Å². The molecule has 19 heavy (non-hydrogen) atoms. The van der Waals surface area contributed by atoms with Gasteiger partial charge >= 0.3 is 17.6 Å². The molecule has 1 heterocycles. The molecule has 0 aliphatic carbocycles. The Morgan fingerprint density at radius 1 is 1.42 bits per heavy atom. The van der Waals surface area contributed by atoms with Crippen LogP contribution in [0.15, 0.2) is 27.4 Å². The van der Waals surface area contributed by atoms with Gasteiger partial charge < -0.3 is 14.5 Å². The van der Waals surface area contributed by atoms with Crippen LogP contribution in [0, 0.1) is 0 Å². The summed E-state index contributed by atoms with van der Waals surface area (Å²) in [5.74, 6) is -2.21. The Morgan fingerprint density at radius 3 is 2.95 bits per heavy atom. The van der Waals surface area contributed by atoms with Gasteiger partial charge in [-0.15, -0.1) is 0 Å². The number of fused-ring (bicyclic) bond motifs is 1. The Bertz CT molecular complexity index is 670. The van der Waals surface area contributed by atoms with Crippen molar-refractivity contribution in [3.8, 4) is 0 Å². The second-order valence-corrected chi connectivity index (χ2v) is 3.84. The average Bonchev–Trinajstić information content (AvgIpc) is 2.77. The number of ether oxygens (including phenoxy) is 1. The van der Waals surface area contributed by atoms with E-state index < -0.39 is 17.6 Å². The first-order valence-corrected chi connectivity index (χ1v) is 5.58. The van der Waals surface area contributed by atoms with Crippen LogP contribution >= 0.6 is 0 Å². The van der Waals surface area contributed by atoms with Gasteiger partial charge in [-0.05, 0) is 24.1 Å². The van der Waals surface area contributed by atoms with Crippen LogP contribution in [-0.2, 0) is 20.7 Å². The van der Waals surface area contributed by atoms with E-state index >= 15 is 0 Å². The van der Waals surface area contributed by atoms with Gasteiger partial charge in [0.2, 0.25) is 0 Å². The van der Waals surface area contributed by atoms with E-state index in [-0.39, 0.29) is 6.54 Å². The maximum absolute atomic E-state index is 11.1. The molecule has 7 nitrogen and oxygen atoms in total. The van der Waals surface area contributed by atoms with Gasteiger partial charge in [0.1, 0.15) is 0 Å². The average molecular weight is 264 g/mol. The third-order valence-electron chi connectivity index (χ3n) is 2.56. The number of esters is 1. The third-order valence-corrected chi connectivity index (χ3v) is 2.56. The van der Waals surface area contributed by atoms with Crippen LogP contribution in [0.5, 0.6) is 0 Å². The fourth-order valence-electron chi connectivity index (χ4n) is 1.63. The molecule has 2 N–H and O–H groups in total. The van der Waals surface area contributed by atoms with Gasteiger partial charge in [-0.3, -0.25) is 9.78 Å². The lowest BCUT2D eigenvalue weighted by atomic mass is 10.1. The van der Waals surface area contributed by atoms with Crippen LogP contribution in [0.4, 0.5) is 0 Å². The molecule has 0 atom stereocenters. The Hall–Kier alpha value is -2.57. The quantitative estimate of drug-likeness (QED) is 0.598.